The van der Waals surface area contributed by atoms with E-state index in [-0.39, 0.29) is 12.1 Å². The lowest BCUT2D eigenvalue weighted by Gasteiger charge is -2.40. The minimum atomic E-state index is -0.681. The quantitative estimate of drug-likeness (QED) is 0.745. The summed E-state index contributed by atoms with van der Waals surface area (Å²) in [6, 6.07) is 0. The predicted octanol–water partition coefficient (Wildman–Crippen LogP) is 0.231. The third-order valence-corrected chi connectivity index (χ3v) is 3.78. The Hall–Kier alpha value is -1.89. The number of hydrogen-bond acceptors (Lipinski definition) is 6. The summed E-state index contributed by atoms with van der Waals surface area (Å²) in [5.74, 6) is -0.217. The first-order valence-electron chi connectivity index (χ1n) is 6.47. The van der Waals surface area contributed by atoms with E-state index >= 15 is 0 Å². The normalized spacial score (nSPS) is 27.6. The summed E-state index contributed by atoms with van der Waals surface area (Å²) in [6.45, 7) is 3.50. The van der Waals surface area contributed by atoms with E-state index in [1.54, 1.807) is 6.34 Å². The summed E-state index contributed by atoms with van der Waals surface area (Å²) in [4.78, 5) is 21.8. The molecule has 7 nitrogen and oxygen atoms in total. The van der Waals surface area contributed by atoms with E-state index in [0.717, 1.165) is 18.8 Å². The summed E-state index contributed by atoms with van der Waals surface area (Å²) in [7, 11) is 0. The van der Waals surface area contributed by atoms with E-state index in [4.69, 9.17) is 5.11 Å². The standard InChI is InChI=1S/C12H17N5O2/c1-8-6-10(17-12(15-8)13-7-14-17)16-4-2-9(3-5-16)11(18)19/h6-7,9-10H,2-5H2,1H3,(H,18,19)(H,13,14,15). The van der Waals surface area contributed by atoms with E-state index in [1.165, 1.54) is 0 Å². The highest BCUT2D eigenvalue weighted by atomic mass is 16.4. The molecule has 1 saturated heterocycles. The zero-order valence-electron chi connectivity index (χ0n) is 10.8. The highest BCUT2D eigenvalue weighted by Crippen LogP contribution is 2.24. The molecule has 0 saturated carbocycles. The number of carbonyl (C=O) groups is 1. The smallest absolute Gasteiger partial charge is 0.306 e. The zero-order chi connectivity index (χ0) is 13.4. The van der Waals surface area contributed by atoms with Crippen LogP contribution in [0.5, 0.6) is 0 Å². The van der Waals surface area contributed by atoms with Crippen LogP contribution >= 0.6 is 0 Å². The van der Waals surface area contributed by atoms with Gasteiger partial charge in [0.15, 0.2) is 0 Å². The molecular weight excluding hydrogens is 246 g/mol. The molecule has 102 valence electrons. The van der Waals surface area contributed by atoms with Crippen molar-refractivity contribution in [2.75, 3.05) is 13.1 Å². The summed E-state index contributed by atoms with van der Waals surface area (Å²) in [5, 5.41) is 10.9. The van der Waals surface area contributed by atoms with Crippen molar-refractivity contribution < 1.29 is 9.90 Å². The molecule has 1 atom stereocenters. The molecule has 1 unspecified atom stereocenters. The first-order chi connectivity index (χ1) is 9.15. The van der Waals surface area contributed by atoms with Crippen molar-refractivity contribution in [2.24, 2.45) is 15.9 Å². The number of allylic oxidation sites excluding steroid dienone is 1. The van der Waals surface area contributed by atoms with Crippen molar-refractivity contribution >= 4 is 18.3 Å². The molecule has 0 aromatic carbocycles. The molecule has 0 amide bonds. The number of guanidine groups is 1. The number of hydrazine groups is 1. The molecule has 0 radical (unpaired) electrons. The number of likely N-dealkylation sites (tertiary alicyclic amines) is 1. The molecule has 0 aromatic rings. The lowest BCUT2D eigenvalue weighted by atomic mass is 9.96. The Bertz CT molecular complexity index is 477. The summed E-state index contributed by atoms with van der Waals surface area (Å²) in [6.07, 6.45) is 5.15. The van der Waals surface area contributed by atoms with Crippen LogP contribution in [0.15, 0.2) is 21.8 Å². The van der Waals surface area contributed by atoms with Gasteiger partial charge in [-0.05, 0) is 25.8 Å². The fourth-order valence-electron chi connectivity index (χ4n) is 2.71. The van der Waals surface area contributed by atoms with E-state index < -0.39 is 5.97 Å². The van der Waals surface area contributed by atoms with E-state index in [0.29, 0.717) is 18.8 Å². The average molecular weight is 263 g/mol. The maximum absolute atomic E-state index is 11.0. The molecule has 0 aliphatic carbocycles. The van der Waals surface area contributed by atoms with Crippen molar-refractivity contribution in [3.63, 3.8) is 0 Å². The van der Waals surface area contributed by atoms with Crippen molar-refractivity contribution in [3.05, 3.63) is 11.8 Å². The number of fused-ring (bicyclic) bond motifs is 1. The Balaban J connectivity index is 1.70. The molecule has 1 fully saturated rings. The van der Waals surface area contributed by atoms with Gasteiger partial charge in [-0.1, -0.05) is 0 Å². The Kier molecular flexibility index (Phi) is 2.98. The minimum Gasteiger partial charge on any atom is -0.481 e. The highest BCUT2D eigenvalue weighted by Gasteiger charge is 2.34. The Morgan fingerprint density at radius 3 is 2.89 bits per heavy atom. The van der Waals surface area contributed by atoms with Crippen molar-refractivity contribution in [1.29, 1.82) is 0 Å². The predicted molar refractivity (Wildman–Crippen MR) is 70.4 cm³/mol. The second kappa shape index (κ2) is 4.65. The van der Waals surface area contributed by atoms with Crippen molar-refractivity contribution in [2.45, 2.75) is 25.9 Å². The van der Waals surface area contributed by atoms with Gasteiger partial charge in [0.05, 0.1) is 5.92 Å². The molecule has 3 rings (SSSR count). The number of nitrogens with zero attached hydrogens (tertiary/aromatic N) is 4. The number of aliphatic imine (C=N–C) groups is 2. The third-order valence-electron chi connectivity index (χ3n) is 3.78. The van der Waals surface area contributed by atoms with E-state index in [2.05, 4.69) is 26.4 Å². The van der Waals surface area contributed by atoms with Gasteiger partial charge in [0.2, 0.25) is 5.96 Å². The summed E-state index contributed by atoms with van der Waals surface area (Å²) in [5.41, 5.74) is 4.01. The summed E-state index contributed by atoms with van der Waals surface area (Å²) >= 11 is 0. The minimum absolute atomic E-state index is 0.0599. The number of piperidine rings is 1. The van der Waals surface area contributed by atoms with Crippen molar-refractivity contribution in [3.8, 4) is 0 Å². The average Bonchev–Trinajstić information content (AvgIpc) is 2.85. The molecule has 0 spiro atoms. The van der Waals surface area contributed by atoms with Gasteiger partial charge in [0, 0.05) is 18.8 Å². The van der Waals surface area contributed by atoms with Crippen LogP contribution < -0.4 is 5.43 Å². The SMILES string of the molecule is CC1=CC(N2CCC(C(=O)O)CC2)N2NC=NC2=N1. The fourth-order valence-corrected chi connectivity index (χ4v) is 2.71. The molecule has 3 aliphatic rings. The molecule has 0 aromatic heterocycles. The number of carboxylic acids is 1. The van der Waals surface area contributed by atoms with Crippen LogP contribution in [0.25, 0.3) is 0 Å². The Labute approximate surface area is 111 Å². The molecule has 3 heterocycles. The lowest BCUT2D eigenvalue weighted by Crippen LogP contribution is -2.56. The zero-order valence-corrected chi connectivity index (χ0v) is 10.8. The number of aliphatic carboxylic acids is 1. The largest absolute Gasteiger partial charge is 0.481 e. The highest BCUT2D eigenvalue weighted by molar-refractivity contribution is 5.93. The van der Waals surface area contributed by atoms with E-state index in [1.807, 2.05) is 11.9 Å². The van der Waals surface area contributed by atoms with Crippen LogP contribution in [0.2, 0.25) is 0 Å². The molecule has 2 N–H and O–H groups in total. The second-order valence-corrected chi connectivity index (χ2v) is 5.04. The van der Waals surface area contributed by atoms with Crippen LogP contribution in [0.4, 0.5) is 0 Å². The van der Waals surface area contributed by atoms with Gasteiger partial charge in [0.25, 0.3) is 0 Å². The maximum Gasteiger partial charge on any atom is 0.306 e. The second-order valence-electron chi connectivity index (χ2n) is 5.04. The van der Waals surface area contributed by atoms with Gasteiger partial charge < -0.3 is 5.11 Å². The molecule has 3 aliphatic heterocycles. The molecule has 0 bridgehead atoms. The summed E-state index contributed by atoms with van der Waals surface area (Å²) < 4.78 is 0. The van der Waals surface area contributed by atoms with Gasteiger partial charge in [0.1, 0.15) is 12.5 Å². The number of rotatable bonds is 2. The van der Waals surface area contributed by atoms with Gasteiger partial charge in [-0.3, -0.25) is 15.1 Å². The van der Waals surface area contributed by atoms with Crippen LogP contribution in [-0.2, 0) is 4.79 Å². The topological polar surface area (TPSA) is 80.5 Å². The van der Waals surface area contributed by atoms with Gasteiger partial charge in [-0.2, -0.15) is 0 Å². The van der Waals surface area contributed by atoms with Gasteiger partial charge in [-0.15, -0.1) is 0 Å². The third kappa shape index (κ3) is 2.21. The van der Waals surface area contributed by atoms with E-state index in [9.17, 15) is 4.79 Å². The van der Waals surface area contributed by atoms with Gasteiger partial charge in [-0.25, -0.2) is 15.0 Å². The van der Waals surface area contributed by atoms with Crippen molar-refractivity contribution in [1.82, 2.24) is 15.3 Å². The maximum atomic E-state index is 11.0. The monoisotopic (exact) mass is 263 g/mol. The first kappa shape index (κ1) is 12.2. The van der Waals surface area contributed by atoms with Gasteiger partial charge >= 0.3 is 5.97 Å². The molecule has 7 heteroatoms. The van der Waals surface area contributed by atoms with Crippen LogP contribution in [0.3, 0.4) is 0 Å². The Morgan fingerprint density at radius 1 is 1.47 bits per heavy atom. The Morgan fingerprint density at radius 2 is 2.21 bits per heavy atom. The van der Waals surface area contributed by atoms with Crippen LogP contribution in [0, 0.1) is 5.92 Å². The molecular formula is C12H17N5O2. The first-order valence-corrected chi connectivity index (χ1v) is 6.47. The van der Waals surface area contributed by atoms with Crippen LogP contribution in [0.1, 0.15) is 19.8 Å². The lowest BCUT2D eigenvalue weighted by molar-refractivity contribution is -0.143. The van der Waals surface area contributed by atoms with Crippen LogP contribution in [-0.4, -0.2) is 52.5 Å². The number of hydrogen-bond donors (Lipinski definition) is 2. The fraction of sp³-hybridized carbons (Fsp3) is 0.583. The molecule has 19 heavy (non-hydrogen) atoms. The number of nitrogens with one attached hydrogen (secondary N) is 1. The number of carboxylic acid groups (broad SMARTS) is 1.